The van der Waals surface area contributed by atoms with E-state index in [4.69, 9.17) is 9.47 Å². The smallest absolute Gasteiger partial charge is 0.261 e. The Morgan fingerprint density at radius 3 is 2.54 bits per heavy atom. The number of para-hydroxylation sites is 1. The predicted octanol–water partition coefficient (Wildman–Crippen LogP) is 4.80. The molecule has 0 saturated carbocycles. The Labute approximate surface area is 160 Å². The van der Waals surface area contributed by atoms with Gasteiger partial charge in [-0.1, -0.05) is 18.2 Å². The summed E-state index contributed by atoms with van der Waals surface area (Å²) in [6.45, 7) is 0. The van der Waals surface area contributed by atoms with Gasteiger partial charge in [0.2, 0.25) is 0 Å². The fraction of sp³-hybridized carbons (Fsp3) is 0.158. The molecule has 0 bridgehead atoms. The van der Waals surface area contributed by atoms with Gasteiger partial charge in [-0.25, -0.2) is 4.98 Å². The van der Waals surface area contributed by atoms with E-state index >= 15 is 0 Å². The van der Waals surface area contributed by atoms with E-state index in [1.807, 2.05) is 23.8 Å². The number of thiazole rings is 1. The van der Waals surface area contributed by atoms with Crippen LogP contribution in [0.5, 0.6) is 11.5 Å². The van der Waals surface area contributed by atoms with Gasteiger partial charge < -0.3 is 9.47 Å². The molecule has 0 spiro atoms. The Morgan fingerprint density at radius 1 is 1.12 bits per heavy atom. The first-order valence-corrected chi connectivity index (χ1v) is 9.89. The number of nitrogens with one attached hydrogen (secondary N) is 1. The van der Waals surface area contributed by atoms with Crippen LogP contribution >= 0.6 is 23.1 Å². The van der Waals surface area contributed by atoms with Crippen LogP contribution < -0.4 is 14.8 Å². The van der Waals surface area contributed by atoms with Crippen LogP contribution in [0.1, 0.15) is 10.4 Å². The summed E-state index contributed by atoms with van der Waals surface area (Å²) in [7, 11) is 3.04. The summed E-state index contributed by atoms with van der Waals surface area (Å²) in [5.74, 6) is 0.616. The molecule has 0 unspecified atom stereocenters. The molecule has 1 heterocycles. The summed E-state index contributed by atoms with van der Waals surface area (Å²) in [4.78, 5) is 18.3. The van der Waals surface area contributed by atoms with Crippen molar-refractivity contribution in [1.82, 2.24) is 4.98 Å². The largest absolute Gasteiger partial charge is 0.493 e. The van der Waals surface area contributed by atoms with Gasteiger partial charge in [-0.15, -0.1) is 23.1 Å². The fourth-order valence-electron chi connectivity index (χ4n) is 2.46. The first-order valence-electron chi connectivity index (χ1n) is 7.78. The van der Waals surface area contributed by atoms with Gasteiger partial charge in [0.15, 0.2) is 16.6 Å². The van der Waals surface area contributed by atoms with Crippen LogP contribution in [-0.2, 0) is 0 Å². The summed E-state index contributed by atoms with van der Waals surface area (Å²) in [5.41, 5.74) is 2.24. The topological polar surface area (TPSA) is 60.5 Å². The second-order valence-corrected chi connectivity index (χ2v) is 7.00. The van der Waals surface area contributed by atoms with Crippen LogP contribution in [0.2, 0.25) is 0 Å². The van der Waals surface area contributed by atoms with Gasteiger partial charge in [-0.2, -0.15) is 0 Å². The Hall–Kier alpha value is -2.51. The van der Waals surface area contributed by atoms with E-state index in [-0.39, 0.29) is 5.91 Å². The first kappa shape index (κ1) is 18.3. The van der Waals surface area contributed by atoms with Crippen molar-refractivity contribution in [1.29, 1.82) is 0 Å². The second-order valence-electron chi connectivity index (χ2n) is 5.26. The van der Waals surface area contributed by atoms with Gasteiger partial charge in [0, 0.05) is 15.8 Å². The molecule has 134 valence electrons. The molecule has 0 atom stereocenters. The number of aromatic nitrogens is 1. The van der Waals surface area contributed by atoms with Crippen LogP contribution in [0.3, 0.4) is 0 Å². The third-order valence-corrected chi connectivity index (χ3v) is 5.26. The molecule has 0 aliphatic heterocycles. The number of thioether (sulfide) groups is 1. The number of hydrogen-bond donors (Lipinski definition) is 1. The van der Waals surface area contributed by atoms with Crippen LogP contribution in [-0.4, -0.2) is 31.4 Å². The average molecular weight is 386 g/mol. The molecule has 0 fully saturated rings. The number of carbonyl (C=O) groups excluding carboxylic acids is 1. The summed E-state index contributed by atoms with van der Waals surface area (Å²) in [5, 5.41) is 5.28. The van der Waals surface area contributed by atoms with Gasteiger partial charge in [0.1, 0.15) is 0 Å². The zero-order valence-corrected chi connectivity index (χ0v) is 16.2. The number of rotatable bonds is 6. The highest BCUT2D eigenvalue weighted by Gasteiger charge is 2.17. The summed E-state index contributed by atoms with van der Waals surface area (Å²) in [6, 6.07) is 13.3. The number of amides is 1. The molecule has 0 saturated heterocycles. The molecule has 1 aromatic heterocycles. The van der Waals surface area contributed by atoms with Crippen molar-refractivity contribution in [3.05, 3.63) is 53.4 Å². The molecule has 1 N–H and O–H groups in total. The van der Waals surface area contributed by atoms with E-state index in [1.165, 1.54) is 30.5 Å². The zero-order chi connectivity index (χ0) is 18.5. The van der Waals surface area contributed by atoms with E-state index in [0.29, 0.717) is 22.2 Å². The number of carbonyl (C=O) groups is 1. The minimum Gasteiger partial charge on any atom is -0.493 e. The van der Waals surface area contributed by atoms with Gasteiger partial charge in [0.25, 0.3) is 5.91 Å². The number of benzene rings is 2. The van der Waals surface area contributed by atoms with Crippen LogP contribution in [0.25, 0.3) is 11.3 Å². The first-order chi connectivity index (χ1) is 12.7. The summed E-state index contributed by atoms with van der Waals surface area (Å²) < 4.78 is 10.6. The summed E-state index contributed by atoms with van der Waals surface area (Å²) in [6.07, 6.45) is 2.04. The lowest BCUT2D eigenvalue weighted by molar-refractivity contribution is 0.102. The van der Waals surface area contributed by atoms with Crippen molar-refractivity contribution in [2.24, 2.45) is 0 Å². The average Bonchev–Trinajstić information content (AvgIpc) is 3.15. The Balaban J connectivity index is 1.80. The highest BCUT2D eigenvalue weighted by molar-refractivity contribution is 7.98. The maximum Gasteiger partial charge on any atom is 0.261 e. The van der Waals surface area contributed by atoms with E-state index in [0.717, 1.165) is 11.3 Å². The lowest BCUT2D eigenvalue weighted by Crippen LogP contribution is -2.13. The molecule has 3 aromatic rings. The molecule has 7 heteroatoms. The lowest BCUT2D eigenvalue weighted by Gasteiger charge is -2.11. The van der Waals surface area contributed by atoms with Crippen molar-refractivity contribution in [3.63, 3.8) is 0 Å². The van der Waals surface area contributed by atoms with Crippen LogP contribution in [0, 0.1) is 0 Å². The van der Waals surface area contributed by atoms with Crippen molar-refractivity contribution < 1.29 is 14.3 Å². The molecule has 0 aliphatic carbocycles. The van der Waals surface area contributed by atoms with Gasteiger partial charge in [-0.3, -0.25) is 10.1 Å². The normalized spacial score (nSPS) is 10.4. The van der Waals surface area contributed by atoms with E-state index in [1.54, 1.807) is 30.0 Å². The SMILES string of the molecule is COc1cccc(C(=O)Nc2nc(-c3ccc(SC)cc3)cs2)c1OC. The van der Waals surface area contributed by atoms with Crippen molar-refractivity contribution >= 4 is 34.1 Å². The van der Waals surface area contributed by atoms with Crippen molar-refractivity contribution in [2.75, 3.05) is 25.8 Å². The van der Waals surface area contributed by atoms with E-state index in [9.17, 15) is 4.79 Å². The molecule has 26 heavy (non-hydrogen) atoms. The number of methoxy groups -OCH3 is 2. The zero-order valence-electron chi connectivity index (χ0n) is 14.6. The molecular weight excluding hydrogens is 368 g/mol. The van der Waals surface area contributed by atoms with Crippen LogP contribution in [0.15, 0.2) is 52.7 Å². The third-order valence-electron chi connectivity index (χ3n) is 3.76. The second kappa shape index (κ2) is 8.25. The molecule has 0 radical (unpaired) electrons. The Kier molecular flexibility index (Phi) is 5.80. The maximum absolute atomic E-state index is 12.6. The minimum absolute atomic E-state index is 0.292. The molecule has 3 rings (SSSR count). The molecule has 0 aliphatic rings. The number of hydrogen-bond acceptors (Lipinski definition) is 6. The number of ether oxygens (including phenoxy) is 2. The molecular formula is C19H18N2O3S2. The van der Waals surface area contributed by atoms with Gasteiger partial charge >= 0.3 is 0 Å². The molecule has 5 nitrogen and oxygen atoms in total. The van der Waals surface area contributed by atoms with Crippen LogP contribution in [0.4, 0.5) is 5.13 Å². The Morgan fingerprint density at radius 2 is 1.88 bits per heavy atom. The maximum atomic E-state index is 12.6. The van der Waals surface area contributed by atoms with Crippen molar-refractivity contribution in [3.8, 4) is 22.8 Å². The predicted molar refractivity (Wildman–Crippen MR) is 107 cm³/mol. The molecule has 1 amide bonds. The van der Waals surface area contributed by atoms with Gasteiger partial charge in [-0.05, 0) is 30.5 Å². The highest BCUT2D eigenvalue weighted by atomic mass is 32.2. The quantitative estimate of drug-likeness (QED) is 0.617. The Bertz CT molecular complexity index is 907. The fourth-order valence-corrected chi connectivity index (χ4v) is 3.58. The number of anilines is 1. The third kappa shape index (κ3) is 3.84. The highest BCUT2D eigenvalue weighted by Crippen LogP contribution is 2.32. The number of nitrogens with zero attached hydrogens (tertiary/aromatic N) is 1. The van der Waals surface area contributed by atoms with Crippen molar-refractivity contribution in [2.45, 2.75) is 4.90 Å². The standard InChI is InChI=1S/C19H18N2O3S2/c1-23-16-6-4-5-14(17(16)24-2)18(22)21-19-20-15(11-26-19)12-7-9-13(25-3)10-8-12/h4-11H,1-3H3,(H,20,21,22). The van der Waals surface area contributed by atoms with Gasteiger partial charge in [0.05, 0.1) is 25.5 Å². The minimum atomic E-state index is -0.292. The molecule has 2 aromatic carbocycles. The lowest BCUT2D eigenvalue weighted by atomic mass is 10.1. The van der Waals surface area contributed by atoms with E-state index < -0.39 is 0 Å². The summed E-state index contributed by atoms with van der Waals surface area (Å²) >= 11 is 3.07. The monoisotopic (exact) mass is 386 g/mol. The van der Waals surface area contributed by atoms with E-state index in [2.05, 4.69) is 22.4 Å².